The summed E-state index contributed by atoms with van der Waals surface area (Å²) >= 11 is 7.34. The lowest BCUT2D eigenvalue weighted by Gasteiger charge is -2.42. The average molecular weight is 942 g/mol. The van der Waals surface area contributed by atoms with Gasteiger partial charge in [-0.3, -0.25) is 0 Å². The van der Waals surface area contributed by atoms with Crippen molar-refractivity contribution in [2.24, 2.45) is 0 Å². The van der Waals surface area contributed by atoms with Gasteiger partial charge in [0.05, 0.1) is 16.7 Å². The fraction of sp³-hybridized carbons (Fsp3) is 0.138. The van der Waals surface area contributed by atoms with Crippen LogP contribution in [0.5, 0.6) is 11.5 Å². The van der Waals surface area contributed by atoms with E-state index in [4.69, 9.17) is 16.3 Å². The van der Waals surface area contributed by atoms with E-state index in [0.29, 0.717) is 10.7 Å². The highest BCUT2D eigenvalue weighted by Crippen LogP contribution is 2.50. The van der Waals surface area contributed by atoms with E-state index in [2.05, 4.69) is 233 Å². The number of para-hydroxylation sites is 1. The molecule has 9 aromatic rings. The molecule has 0 bridgehead atoms. The molecule has 3 heterocycles. The third-order valence-corrected chi connectivity index (χ3v) is 14.5. The summed E-state index contributed by atoms with van der Waals surface area (Å²) < 4.78 is 9.62. The molecule has 0 fully saturated rings. The number of halogens is 1. The number of hydrogen-bond donors (Lipinski definition) is 0. The van der Waals surface area contributed by atoms with E-state index in [1.807, 2.05) is 25.1 Å². The molecule has 0 saturated carbocycles. The first-order valence-corrected chi connectivity index (χ1v) is 24.9. The van der Waals surface area contributed by atoms with Crippen LogP contribution in [-0.4, -0.2) is 11.3 Å². The molecular weight excluding hydrogens is 885 g/mol. The zero-order valence-electron chi connectivity index (χ0n) is 41.6. The van der Waals surface area contributed by atoms with E-state index in [9.17, 15) is 0 Å². The molecule has 11 rings (SSSR count). The first kappa shape index (κ1) is 45.7. The summed E-state index contributed by atoms with van der Waals surface area (Å²) in [5.74, 6) is 1.53. The van der Waals surface area contributed by atoms with Gasteiger partial charge in [0.1, 0.15) is 11.5 Å². The van der Waals surface area contributed by atoms with Crippen LogP contribution in [0.2, 0.25) is 5.02 Å². The van der Waals surface area contributed by atoms with Gasteiger partial charge < -0.3 is 19.1 Å². The van der Waals surface area contributed by atoms with Crippen molar-refractivity contribution in [2.45, 2.75) is 59.3 Å². The Morgan fingerprint density at radius 1 is 0.606 bits per heavy atom. The van der Waals surface area contributed by atoms with Crippen molar-refractivity contribution in [3.8, 4) is 39.4 Å². The van der Waals surface area contributed by atoms with Crippen LogP contribution in [0.1, 0.15) is 59.6 Å². The second-order valence-corrected chi connectivity index (χ2v) is 21.4. The fourth-order valence-electron chi connectivity index (χ4n) is 10.8. The van der Waals surface area contributed by atoms with Crippen molar-refractivity contribution in [3.63, 3.8) is 0 Å². The molecule has 0 atom stereocenters. The Balaban J connectivity index is 1.18. The van der Waals surface area contributed by atoms with Crippen LogP contribution in [-0.2, 0) is 10.8 Å². The first-order chi connectivity index (χ1) is 34.1. The summed E-state index contributed by atoms with van der Waals surface area (Å²) in [6.07, 6.45) is 5.78. The number of aromatic nitrogens is 1. The minimum absolute atomic E-state index is 0.00472. The maximum absolute atomic E-state index is 7.34. The van der Waals surface area contributed by atoms with Gasteiger partial charge in [-0.1, -0.05) is 182 Å². The zero-order valence-corrected chi connectivity index (χ0v) is 42.4. The van der Waals surface area contributed by atoms with Crippen molar-refractivity contribution in [1.29, 1.82) is 0 Å². The van der Waals surface area contributed by atoms with E-state index in [0.717, 1.165) is 95.3 Å². The SMILES string of the molecule is C=CC(=C)N(C(=C)/C=C\C)c1ccc2c(c1)N(c1c(-c3ccccc3)cccc1-c1ccccc1)c1cc(Cl)cc3c1B2c1ccc(-n2c4ccc(C(C)(C)C)cc4c4cc(C(C)(C)C)ccc42)cc1O3. The number of fused-ring (bicyclic) bond motifs is 7. The number of anilines is 4. The Kier molecular flexibility index (Phi) is 11.1. The Bertz CT molecular complexity index is 3550. The van der Waals surface area contributed by atoms with Gasteiger partial charge in [0.15, 0.2) is 0 Å². The summed E-state index contributed by atoms with van der Waals surface area (Å²) in [4.78, 5) is 4.48. The second kappa shape index (κ2) is 17.3. The van der Waals surface area contributed by atoms with Crippen molar-refractivity contribution in [3.05, 3.63) is 229 Å². The highest BCUT2D eigenvalue weighted by molar-refractivity contribution is 6.99. The number of rotatable bonds is 9. The summed E-state index contributed by atoms with van der Waals surface area (Å²) in [5.41, 5.74) is 19.0. The Hall–Kier alpha value is -7.73. The summed E-state index contributed by atoms with van der Waals surface area (Å²) in [7, 11) is 0. The van der Waals surface area contributed by atoms with Gasteiger partial charge in [-0.05, 0) is 123 Å². The van der Waals surface area contributed by atoms with Gasteiger partial charge in [-0.2, -0.15) is 0 Å². The monoisotopic (exact) mass is 941 g/mol. The highest BCUT2D eigenvalue weighted by atomic mass is 35.5. The molecule has 71 heavy (non-hydrogen) atoms. The topological polar surface area (TPSA) is 20.6 Å². The van der Waals surface area contributed by atoms with Crippen molar-refractivity contribution >= 4 is 79.3 Å². The minimum atomic E-state index is -0.198. The second-order valence-electron chi connectivity index (χ2n) is 20.9. The molecule has 1 aromatic heterocycles. The smallest absolute Gasteiger partial charge is 0.256 e. The number of nitrogens with zero attached hydrogens (tertiary/aromatic N) is 3. The maximum atomic E-state index is 7.34. The van der Waals surface area contributed by atoms with E-state index in [1.54, 1.807) is 6.08 Å². The third kappa shape index (κ3) is 7.71. The molecule has 348 valence electrons. The molecule has 0 aliphatic carbocycles. The zero-order chi connectivity index (χ0) is 49.5. The molecular formula is C65H57BClN3O. The first-order valence-electron chi connectivity index (χ1n) is 24.5. The Morgan fingerprint density at radius 3 is 1.76 bits per heavy atom. The predicted molar refractivity (Wildman–Crippen MR) is 306 cm³/mol. The van der Waals surface area contributed by atoms with Gasteiger partial charge in [0.2, 0.25) is 0 Å². The molecule has 0 saturated heterocycles. The van der Waals surface area contributed by atoms with Crippen LogP contribution in [0.25, 0.3) is 49.7 Å². The van der Waals surface area contributed by atoms with Crippen molar-refractivity contribution in [1.82, 2.24) is 4.57 Å². The predicted octanol–water partition coefficient (Wildman–Crippen LogP) is 16.4. The molecule has 0 spiro atoms. The van der Waals surface area contributed by atoms with Crippen molar-refractivity contribution in [2.75, 3.05) is 9.80 Å². The Morgan fingerprint density at radius 2 is 1.20 bits per heavy atom. The van der Waals surface area contributed by atoms with Gasteiger partial charge >= 0.3 is 0 Å². The van der Waals surface area contributed by atoms with Gasteiger partial charge in [-0.25, -0.2) is 0 Å². The van der Waals surface area contributed by atoms with Crippen molar-refractivity contribution < 1.29 is 4.74 Å². The molecule has 2 aliphatic heterocycles. The van der Waals surface area contributed by atoms with Crippen LogP contribution in [0.4, 0.5) is 22.7 Å². The lowest BCUT2D eigenvalue weighted by molar-refractivity contribution is 0.487. The number of ether oxygens (including phenoxy) is 1. The average Bonchev–Trinajstić information content (AvgIpc) is 3.69. The fourth-order valence-corrected chi connectivity index (χ4v) is 11.0. The summed E-state index contributed by atoms with van der Waals surface area (Å²) in [6.45, 7) is 28.6. The van der Waals surface area contributed by atoms with E-state index >= 15 is 0 Å². The Labute approximate surface area is 424 Å². The molecule has 2 aliphatic rings. The lowest BCUT2D eigenvalue weighted by Crippen LogP contribution is -2.59. The largest absolute Gasteiger partial charge is 0.458 e. The standard InChI is InChI=1S/C65H57BClN3O/c1-11-20-42(4)68(41(3)12-2)48-29-31-54-58(39-48)70(63-50(43-21-15-13-16-22-43)25-19-26-51(63)44-23-17-14-18-24-44)59-37-47(67)38-61-62(59)66(54)55-32-30-49(40-60(55)71-61)69-56-33-27-45(64(5,6)7)35-52(56)53-36-46(65(8,9)10)28-34-57(53)69/h11-40H,2-4H2,1,5-10H3/b20-11-. The normalized spacial score (nSPS) is 13.0. The number of hydrogen-bond acceptors (Lipinski definition) is 3. The number of allylic oxidation sites excluding steroid dienone is 3. The third-order valence-electron chi connectivity index (χ3n) is 14.3. The van der Waals surface area contributed by atoms with Crippen LogP contribution in [0, 0.1) is 0 Å². The molecule has 0 radical (unpaired) electrons. The van der Waals surface area contributed by atoms with Crippen LogP contribution >= 0.6 is 11.6 Å². The van der Waals surface area contributed by atoms with Crippen LogP contribution in [0.3, 0.4) is 0 Å². The van der Waals surface area contributed by atoms with Gasteiger partial charge in [0, 0.05) is 67.1 Å². The molecule has 0 amide bonds. The maximum Gasteiger partial charge on any atom is 0.256 e. The summed E-state index contributed by atoms with van der Waals surface area (Å²) in [6, 6.07) is 59.4. The molecule has 0 N–H and O–H groups in total. The van der Waals surface area contributed by atoms with E-state index < -0.39 is 0 Å². The van der Waals surface area contributed by atoms with Gasteiger partial charge in [-0.15, -0.1) is 0 Å². The van der Waals surface area contributed by atoms with Gasteiger partial charge in [0.25, 0.3) is 6.71 Å². The summed E-state index contributed by atoms with van der Waals surface area (Å²) in [5, 5.41) is 3.06. The van der Waals surface area contributed by atoms with E-state index in [1.165, 1.54) is 21.9 Å². The number of benzene rings is 8. The van der Waals surface area contributed by atoms with Crippen LogP contribution < -0.4 is 30.9 Å². The van der Waals surface area contributed by atoms with Crippen LogP contribution in [0.15, 0.2) is 213 Å². The highest BCUT2D eigenvalue weighted by Gasteiger charge is 2.43. The molecule has 4 nitrogen and oxygen atoms in total. The molecule has 8 aromatic carbocycles. The molecule has 0 unspecified atom stereocenters. The van der Waals surface area contributed by atoms with E-state index in [-0.39, 0.29) is 17.5 Å². The lowest BCUT2D eigenvalue weighted by atomic mass is 9.34. The molecule has 6 heteroatoms. The minimum Gasteiger partial charge on any atom is -0.458 e. The quantitative estimate of drug-likeness (QED) is 0.106.